The van der Waals surface area contributed by atoms with Gasteiger partial charge in [-0.15, -0.1) is 0 Å². The fourth-order valence-corrected chi connectivity index (χ4v) is 2.81. The lowest BCUT2D eigenvalue weighted by atomic mass is 10.1. The minimum atomic E-state index is -5.08. The molecule has 3 rings (SSSR count). The number of fused-ring (bicyclic) bond motifs is 1. The van der Waals surface area contributed by atoms with Crippen LogP contribution in [0.2, 0.25) is 10.0 Å². The second kappa shape index (κ2) is 8.18. The van der Waals surface area contributed by atoms with Crippen LogP contribution in [0.3, 0.4) is 0 Å². The Bertz CT molecular complexity index is 880. The van der Waals surface area contributed by atoms with E-state index >= 15 is 0 Å². The molecule has 154 valence electrons. The molecule has 5 nitrogen and oxygen atoms in total. The number of carboxylic acids is 1. The van der Waals surface area contributed by atoms with Crippen LogP contribution in [-0.4, -0.2) is 33.3 Å². The molecule has 2 heterocycles. The summed E-state index contributed by atoms with van der Waals surface area (Å²) in [5.74, 6) is -3.66. The van der Waals surface area contributed by atoms with E-state index in [0.717, 1.165) is 0 Å². The maximum Gasteiger partial charge on any atom is 0.490 e. The van der Waals surface area contributed by atoms with E-state index in [1.54, 1.807) is 18.2 Å². The second-order valence-corrected chi connectivity index (χ2v) is 6.25. The summed E-state index contributed by atoms with van der Waals surface area (Å²) in [4.78, 5) is 12.7. The van der Waals surface area contributed by atoms with Crippen molar-refractivity contribution < 1.29 is 36.2 Å². The Morgan fingerprint density at radius 2 is 1.79 bits per heavy atom. The van der Waals surface area contributed by atoms with Crippen molar-refractivity contribution in [3.05, 3.63) is 39.8 Å². The molecule has 0 saturated carbocycles. The highest BCUT2D eigenvalue weighted by molar-refractivity contribution is 6.43. The zero-order valence-corrected chi connectivity index (χ0v) is 15.1. The molecule has 0 spiro atoms. The zero-order chi connectivity index (χ0) is 21.3. The number of aliphatic carboxylic acids is 1. The van der Waals surface area contributed by atoms with Gasteiger partial charge in [0.2, 0.25) is 5.82 Å². The lowest BCUT2D eigenvalue weighted by Crippen LogP contribution is -2.30. The Morgan fingerprint density at radius 3 is 2.32 bits per heavy atom. The predicted octanol–water partition coefficient (Wildman–Crippen LogP) is 4.61. The van der Waals surface area contributed by atoms with Crippen LogP contribution in [0.25, 0.3) is 11.3 Å². The minimum Gasteiger partial charge on any atom is -0.475 e. The highest BCUT2D eigenvalue weighted by Gasteiger charge is 2.40. The summed E-state index contributed by atoms with van der Waals surface area (Å²) < 4.78 is 72.3. The van der Waals surface area contributed by atoms with Gasteiger partial charge in [-0.25, -0.2) is 9.78 Å². The first kappa shape index (κ1) is 22.3. The van der Waals surface area contributed by atoms with Gasteiger partial charge in [0.1, 0.15) is 0 Å². The third kappa shape index (κ3) is 4.89. The average Bonchev–Trinajstić information content (AvgIpc) is 2.97. The maximum atomic E-state index is 13.1. The Morgan fingerprint density at radius 1 is 1.18 bits per heavy atom. The molecule has 1 aliphatic heterocycles. The molecule has 0 amide bonds. The molecule has 0 fully saturated rings. The van der Waals surface area contributed by atoms with Crippen molar-refractivity contribution in [2.75, 3.05) is 6.54 Å². The molecule has 2 N–H and O–H groups in total. The van der Waals surface area contributed by atoms with Gasteiger partial charge >= 0.3 is 18.3 Å². The van der Waals surface area contributed by atoms with E-state index in [2.05, 4.69) is 10.3 Å². The topological polar surface area (TPSA) is 67.2 Å². The monoisotopic (exact) mass is 449 g/mol. The largest absolute Gasteiger partial charge is 0.490 e. The van der Waals surface area contributed by atoms with Gasteiger partial charge in [-0.1, -0.05) is 35.3 Å². The molecule has 0 unspecified atom stereocenters. The first-order valence-electron chi connectivity index (χ1n) is 7.45. The molecular weight excluding hydrogens is 439 g/mol. The third-order valence-electron chi connectivity index (χ3n) is 3.58. The van der Waals surface area contributed by atoms with Crippen LogP contribution >= 0.6 is 23.2 Å². The van der Waals surface area contributed by atoms with Gasteiger partial charge in [0.25, 0.3) is 0 Å². The van der Waals surface area contributed by atoms with E-state index in [0.29, 0.717) is 24.3 Å². The number of rotatable bonds is 1. The molecule has 2 aromatic rings. The first-order valence-corrected chi connectivity index (χ1v) is 8.21. The Hall–Kier alpha value is -1.98. The number of aromatic nitrogens is 2. The Balaban J connectivity index is 0.000000345. The summed E-state index contributed by atoms with van der Waals surface area (Å²) in [7, 11) is 0. The summed E-state index contributed by atoms with van der Waals surface area (Å²) in [6.45, 7) is 0.992. The van der Waals surface area contributed by atoms with E-state index in [9.17, 15) is 26.3 Å². The first-order chi connectivity index (χ1) is 12.8. The highest BCUT2D eigenvalue weighted by atomic mass is 35.5. The average molecular weight is 450 g/mol. The van der Waals surface area contributed by atoms with Crippen LogP contribution in [0.15, 0.2) is 18.2 Å². The van der Waals surface area contributed by atoms with Crippen LogP contribution < -0.4 is 5.32 Å². The highest BCUT2D eigenvalue weighted by Crippen LogP contribution is 2.38. The van der Waals surface area contributed by atoms with Crippen LogP contribution in [0, 0.1) is 0 Å². The third-order valence-corrected chi connectivity index (χ3v) is 4.40. The van der Waals surface area contributed by atoms with Gasteiger partial charge in [-0.05, 0) is 6.07 Å². The maximum absolute atomic E-state index is 13.1. The van der Waals surface area contributed by atoms with Gasteiger partial charge in [-0.2, -0.15) is 26.3 Å². The van der Waals surface area contributed by atoms with Crippen molar-refractivity contribution in [3.63, 3.8) is 0 Å². The number of halogens is 8. The fourth-order valence-electron chi connectivity index (χ4n) is 2.42. The minimum absolute atomic E-state index is 0.208. The molecule has 13 heteroatoms. The standard InChI is InChI=1S/C13H10Cl2F3N3.C2HF3O2/c14-8-3-1-2-7(10(8)15)11-9-6-19-4-5-21(9)12(20-11)13(16,17)18;3-2(4,5)1(6)7/h1-3,19H,4-6H2;(H,6,7). The van der Waals surface area contributed by atoms with Crippen molar-refractivity contribution in [1.82, 2.24) is 14.9 Å². The van der Waals surface area contributed by atoms with Gasteiger partial charge < -0.3 is 15.0 Å². The molecular formula is C15H11Cl2F6N3O2. The number of alkyl halides is 6. The number of hydrogen-bond acceptors (Lipinski definition) is 3. The summed E-state index contributed by atoms with van der Waals surface area (Å²) in [5.41, 5.74) is 1.10. The van der Waals surface area contributed by atoms with Crippen molar-refractivity contribution in [2.24, 2.45) is 0 Å². The molecule has 1 aliphatic rings. The van der Waals surface area contributed by atoms with Crippen LogP contribution in [0.4, 0.5) is 26.3 Å². The summed E-state index contributed by atoms with van der Waals surface area (Å²) in [5, 5.41) is 10.7. The fraction of sp³-hybridized carbons (Fsp3) is 0.333. The quantitative estimate of drug-likeness (QED) is 0.623. The van der Waals surface area contributed by atoms with Gasteiger partial charge in [-0.3, -0.25) is 0 Å². The van der Waals surface area contributed by atoms with Crippen molar-refractivity contribution in [2.45, 2.75) is 25.4 Å². The van der Waals surface area contributed by atoms with E-state index in [4.69, 9.17) is 33.1 Å². The van der Waals surface area contributed by atoms with Gasteiger partial charge in [0.05, 0.1) is 21.4 Å². The number of benzene rings is 1. The summed E-state index contributed by atoms with van der Waals surface area (Å²) >= 11 is 12.1. The van der Waals surface area contributed by atoms with E-state index in [1.807, 2.05) is 0 Å². The van der Waals surface area contributed by atoms with Crippen LogP contribution in [0.1, 0.15) is 11.5 Å². The van der Waals surface area contributed by atoms with Gasteiger partial charge in [0.15, 0.2) is 0 Å². The van der Waals surface area contributed by atoms with E-state index in [-0.39, 0.29) is 22.3 Å². The summed E-state index contributed by atoms with van der Waals surface area (Å²) in [6, 6.07) is 4.84. The molecule has 1 aromatic carbocycles. The molecule has 28 heavy (non-hydrogen) atoms. The molecule has 0 aliphatic carbocycles. The predicted molar refractivity (Wildman–Crippen MR) is 88.1 cm³/mol. The molecule has 1 aromatic heterocycles. The number of hydrogen-bond donors (Lipinski definition) is 2. The molecule has 0 radical (unpaired) electrons. The normalized spacial score (nSPS) is 14.1. The number of nitrogens with one attached hydrogen (secondary N) is 1. The SMILES string of the molecule is FC(F)(F)c1nc(-c2cccc(Cl)c2Cl)c2n1CCNC2.O=C(O)C(F)(F)F. The molecule has 0 bridgehead atoms. The summed E-state index contributed by atoms with van der Waals surface area (Å²) in [6.07, 6.45) is -9.59. The van der Waals surface area contributed by atoms with E-state index in [1.165, 1.54) is 4.57 Å². The second-order valence-electron chi connectivity index (χ2n) is 5.46. The number of carboxylic acid groups (broad SMARTS) is 1. The van der Waals surface area contributed by atoms with E-state index < -0.39 is 24.1 Å². The number of imidazole rings is 1. The van der Waals surface area contributed by atoms with Crippen LogP contribution in [0.5, 0.6) is 0 Å². The van der Waals surface area contributed by atoms with Crippen molar-refractivity contribution in [1.29, 1.82) is 0 Å². The number of nitrogens with zero attached hydrogens (tertiary/aromatic N) is 2. The van der Waals surface area contributed by atoms with Crippen LogP contribution in [-0.2, 0) is 24.1 Å². The molecule has 0 atom stereocenters. The Labute approximate surface area is 163 Å². The lowest BCUT2D eigenvalue weighted by Gasteiger charge is -2.19. The lowest BCUT2D eigenvalue weighted by molar-refractivity contribution is -0.192. The number of carbonyl (C=O) groups is 1. The van der Waals surface area contributed by atoms with Gasteiger partial charge in [0, 0.05) is 25.2 Å². The Kier molecular flexibility index (Phi) is 6.51. The molecule has 0 saturated heterocycles. The zero-order valence-electron chi connectivity index (χ0n) is 13.6. The smallest absolute Gasteiger partial charge is 0.475 e. The van der Waals surface area contributed by atoms with Crippen molar-refractivity contribution in [3.8, 4) is 11.3 Å². The van der Waals surface area contributed by atoms with Crippen molar-refractivity contribution >= 4 is 29.2 Å².